The molecule has 0 aliphatic rings. The Kier molecular flexibility index (Phi) is 6.96. The first-order valence-electron chi connectivity index (χ1n) is 8.41. The van der Waals surface area contributed by atoms with Gasteiger partial charge in [-0.25, -0.2) is 0 Å². The molecule has 1 heterocycles. The highest BCUT2D eigenvalue weighted by Gasteiger charge is 2.23. The van der Waals surface area contributed by atoms with Crippen LogP contribution in [0.1, 0.15) is 30.0 Å². The largest absolute Gasteiger partial charge is 0.459 e. The zero-order valence-electron chi connectivity index (χ0n) is 14.8. The maximum absolute atomic E-state index is 12.5. The molecule has 0 aliphatic heterocycles. The third-order valence-corrected chi connectivity index (χ3v) is 3.52. The van der Waals surface area contributed by atoms with Gasteiger partial charge in [0, 0.05) is 12.5 Å². The maximum atomic E-state index is 12.5. The second kappa shape index (κ2) is 9.41. The standard InChI is InChI=1S/C19H23N3O4/c1-13(2)21-17(23)12-20-18(24)15(11-14-7-4-3-5-8-14)22-19(25)16-9-6-10-26-16/h3-10,13,15H,11-12H2,1-2H3,(H,20,24)(H,21,23)(H,22,25)/t15-/m0/s1. The molecule has 2 rings (SSSR count). The van der Waals surface area contributed by atoms with Crippen molar-refractivity contribution in [3.8, 4) is 0 Å². The van der Waals surface area contributed by atoms with Gasteiger partial charge in [-0.2, -0.15) is 0 Å². The molecular weight excluding hydrogens is 334 g/mol. The van der Waals surface area contributed by atoms with E-state index in [2.05, 4.69) is 16.0 Å². The Morgan fingerprint density at radius 1 is 1.00 bits per heavy atom. The highest BCUT2D eigenvalue weighted by atomic mass is 16.3. The SMILES string of the molecule is CC(C)NC(=O)CNC(=O)[C@H](Cc1ccccc1)NC(=O)c1ccco1. The van der Waals surface area contributed by atoms with Crippen molar-refractivity contribution >= 4 is 17.7 Å². The maximum Gasteiger partial charge on any atom is 0.287 e. The highest BCUT2D eigenvalue weighted by molar-refractivity contribution is 5.96. The van der Waals surface area contributed by atoms with Crippen LogP contribution in [0.25, 0.3) is 0 Å². The lowest BCUT2D eigenvalue weighted by Crippen LogP contribution is -2.50. The molecule has 26 heavy (non-hydrogen) atoms. The van der Waals surface area contributed by atoms with E-state index in [1.165, 1.54) is 12.3 Å². The molecule has 0 saturated heterocycles. The molecular formula is C19H23N3O4. The number of rotatable bonds is 8. The first-order valence-corrected chi connectivity index (χ1v) is 8.41. The molecule has 0 saturated carbocycles. The number of nitrogens with one attached hydrogen (secondary N) is 3. The molecule has 0 radical (unpaired) electrons. The summed E-state index contributed by atoms with van der Waals surface area (Å²) in [5.41, 5.74) is 0.888. The highest BCUT2D eigenvalue weighted by Crippen LogP contribution is 2.06. The third-order valence-electron chi connectivity index (χ3n) is 3.52. The van der Waals surface area contributed by atoms with E-state index in [0.29, 0.717) is 6.42 Å². The molecule has 0 fully saturated rings. The van der Waals surface area contributed by atoms with Gasteiger partial charge in [0.25, 0.3) is 5.91 Å². The van der Waals surface area contributed by atoms with E-state index in [4.69, 9.17) is 4.42 Å². The van der Waals surface area contributed by atoms with Gasteiger partial charge in [0.05, 0.1) is 12.8 Å². The fourth-order valence-corrected chi connectivity index (χ4v) is 2.36. The first kappa shape index (κ1) is 19.2. The van der Waals surface area contributed by atoms with Crippen LogP contribution in [0.5, 0.6) is 0 Å². The lowest BCUT2D eigenvalue weighted by Gasteiger charge is -2.18. The van der Waals surface area contributed by atoms with Gasteiger partial charge in [0.2, 0.25) is 11.8 Å². The quantitative estimate of drug-likeness (QED) is 0.662. The molecule has 2 aromatic rings. The predicted molar refractivity (Wildman–Crippen MR) is 96.4 cm³/mol. The molecule has 0 unspecified atom stereocenters. The molecule has 1 aromatic carbocycles. The average Bonchev–Trinajstić information content (AvgIpc) is 3.14. The summed E-state index contributed by atoms with van der Waals surface area (Å²) in [6.07, 6.45) is 1.68. The van der Waals surface area contributed by atoms with Crippen LogP contribution in [0, 0.1) is 0 Å². The van der Waals surface area contributed by atoms with Crippen LogP contribution in [0.15, 0.2) is 53.1 Å². The van der Waals surface area contributed by atoms with Crippen LogP contribution < -0.4 is 16.0 Å². The van der Waals surface area contributed by atoms with Gasteiger partial charge in [-0.3, -0.25) is 14.4 Å². The third kappa shape index (κ3) is 6.08. The summed E-state index contributed by atoms with van der Waals surface area (Å²) in [5, 5.41) is 7.91. The van der Waals surface area contributed by atoms with Gasteiger partial charge < -0.3 is 20.4 Å². The zero-order chi connectivity index (χ0) is 18.9. The number of furan rings is 1. The van der Waals surface area contributed by atoms with E-state index < -0.39 is 17.9 Å². The summed E-state index contributed by atoms with van der Waals surface area (Å²) in [6, 6.07) is 11.6. The summed E-state index contributed by atoms with van der Waals surface area (Å²) < 4.78 is 5.06. The minimum atomic E-state index is -0.832. The molecule has 3 N–H and O–H groups in total. The van der Waals surface area contributed by atoms with Crippen LogP contribution in [-0.2, 0) is 16.0 Å². The fraction of sp³-hybridized carbons (Fsp3) is 0.316. The van der Waals surface area contributed by atoms with Gasteiger partial charge in [-0.05, 0) is 31.5 Å². The van der Waals surface area contributed by atoms with Gasteiger partial charge in [-0.1, -0.05) is 30.3 Å². The molecule has 7 heteroatoms. The Balaban J connectivity index is 2.02. The van der Waals surface area contributed by atoms with Crippen LogP contribution in [0.3, 0.4) is 0 Å². The van der Waals surface area contributed by atoms with Gasteiger partial charge in [0.15, 0.2) is 5.76 Å². The zero-order valence-corrected chi connectivity index (χ0v) is 14.8. The second-order valence-electron chi connectivity index (χ2n) is 6.13. The number of carbonyl (C=O) groups excluding carboxylic acids is 3. The normalized spacial score (nSPS) is 11.7. The average molecular weight is 357 g/mol. The molecule has 1 aromatic heterocycles. The van der Waals surface area contributed by atoms with Crippen molar-refractivity contribution in [2.45, 2.75) is 32.4 Å². The molecule has 7 nitrogen and oxygen atoms in total. The summed E-state index contributed by atoms with van der Waals surface area (Å²) in [6.45, 7) is 3.52. The van der Waals surface area contributed by atoms with E-state index in [0.717, 1.165) is 5.56 Å². The van der Waals surface area contributed by atoms with Crippen LogP contribution in [0.2, 0.25) is 0 Å². The van der Waals surface area contributed by atoms with E-state index in [9.17, 15) is 14.4 Å². The van der Waals surface area contributed by atoms with Crippen molar-refractivity contribution in [2.24, 2.45) is 0 Å². The van der Waals surface area contributed by atoms with Crippen molar-refractivity contribution in [3.63, 3.8) is 0 Å². The summed E-state index contributed by atoms with van der Waals surface area (Å²) >= 11 is 0. The number of carbonyl (C=O) groups is 3. The Morgan fingerprint density at radius 2 is 1.73 bits per heavy atom. The van der Waals surface area contributed by atoms with Crippen molar-refractivity contribution in [1.82, 2.24) is 16.0 Å². The van der Waals surface area contributed by atoms with Gasteiger partial charge in [0.1, 0.15) is 6.04 Å². The predicted octanol–water partition coefficient (Wildman–Crippen LogP) is 1.26. The van der Waals surface area contributed by atoms with Crippen LogP contribution in [0.4, 0.5) is 0 Å². The van der Waals surface area contributed by atoms with Crippen LogP contribution >= 0.6 is 0 Å². The van der Waals surface area contributed by atoms with Crippen molar-refractivity contribution in [3.05, 3.63) is 60.1 Å². The molecule has 0 spiro atoms. The van der Waals surface area contributed by atoms with Gasteiger partial charge >= 0.3 is 0 Å². The molecule has 138 valence electrons. The summed E-state index contributed by atoms with van der Waals surface area (Å²) in [7, 11) is 0. The Morgan fingerprint density at radius 3 is 2.35 bits per heavy atom. The monoisotopic (exact) mass is 357 g/mol. The van der Waals surface area contributed by atoms with E-state index >= 15 is 0 Å². The lowest BCUT2D eigenvalue weighted by molar-refractivity contribution is -0.127. The number of amides is 3. The lowest BCUT2D eigenvalue weighted by atomic mass is 10.1. The van der Waals surface area contributed by atoms with E-state index in [1.807, 2.05) is 44.2 Å². The van der Waals surface area contributed by atoms with E-state index in [-0.39, 0.29) is 24.3 Å². The van der Waals surface area contributed by atoms with Crippen molar-refractivity contribution in [1.29, 1.82) is 0 Å². The van der Waals surface area contributed by atoms with Crippen molar-refractivity contribution in [2.75, 3.05) is 6.54 Å². The van der Waals surface area contributed by atoms with Crippen molar-refractivity contribution < 1.29 is 18.8 Å². The smallest absolute Gasteiger partial charge is 0.287 e. The first-order chi connectivity index (χ1) is 12.5. The number of benzene rings is 1. The Bertz CT molecular complexity index is 727. The molecule has 0 aliphatic carbocycles. The van der Waals surface area contributed by atoms with Crippen LogP contribution in [-0.4, -0.2) is 36.3 Å². The number of hydrogen-bond acceptors (Lipinski definition) is 4. The summed E-state index contributed by atoms with van der Waals surface area (Å²) in [4.78, 5) is 36.5. The fourth-order valence-electron chi connectivity index (χ4n) is 2.36. The molecule has 1 atom stereocenters. The number of hydrogen-bond donors (Lipinski definition) is 3. The summed E-state index contributed by atoms with van der Waals surface area (Å²) in [5.74, 6) is -1.09. The Labute approximate surface area is 152 Å². The van der Waals surface area contributed by atoms with Gasteiger partial charge in [-0.15, -0.1) is 0 Å². The minimum absolute atomic E-state index is 0.0156. The van der Waals surface area contributed by atoms with E-state index in [1.54, 1.807) is 6.07 Å². The second-order valence-corrected chi connectivity index (χ2v) is 6.13. The topological polar surface area (TPSA) is 100 Å². The molecule has 0 bridgehead atoms. The minimum Gasteiger partial charge on any atom is -0.459 e. The Hall–Kier alpha value is -3.09. The molecule has 3 amide bonds.